The van der Waals surface area contributed by atoms with Crippen LogP contribution in [0.25, 0.3) is 0 Å². The van der Waals surface area contributed by atoms with Crippen LogP contribution in [0.5, 0.6) is 0 Å². The molecule has 1 saturated carbocycles. The summed E-state index contributed by atoms with van der Waals surface area (Å²) in [5.41, 5.74) is 1.90. The lowest BCUT2D eigenvalue weighted by Crippen LogP contribution is -2.65. The lowest BCUT2D eigenvalue weighted by Gasteiger charge is -2.51. The van der Waals surface area contributed by atoms with Crippen molar-refractivity contribution >= 4 is 5.91 Å². The fourth-order valence-electron chi connectivity index (χ4n) is 4.25. The maximum absolute atomic E-state index is 12.1. The van der Waals surface area contributed by atoms with E-state index in [1.165, 1.54) is 37.7 Å². The number of nitrogens with zero attached hydrogens (tertiary/aromatic N) is 2. The van der Waals surface area contributed by atoms with E-state index in [0.717, 1.165) is 23.5 Å². The molecule has 0 radical (unpaired) electrons. The van der Waals surface area contributed by atoms with Crippen LogP contribution in [-0.2, 0) is 9.53 Å². The smallest absolute Gasteiger partial charge is 0.249 e. The van der Waals surface area contributed by atoms with Crippen molar-refractivity contribution in [3.63, 3.8) is 0 Å². The van der Waals surface area contributed by atoms with E-state index in [9.17, 15) is 15.2 Å². The Balaban J connectivity index is 1.67. The second kappa shape index (κ2) is 9.04. The number of methoxy groups -OCH3 is 1. The molecule has 1 saturated heterocycles. The van der Waals surface area contributed by atoms with Gasteiger partial charge in [0.25, 0.3) is 0 Å². The van der Waals surface area contributed by atoms with Gasteiger partial charge in [-0.2, -0.15) is 5.26 Å². The molecule has 3 atom stereocenters. The molecule has 1 heterocycles. The molecule has 1 amide bonds. The third kappa shape index (κ3) is 4.16. The fourth-order valence-corrected chi connectivity index (χ4v) is 4.25. The second-order valence-electron chi connectivity index (χ2n) is 7.36. The molecule has 5 heteroatoms. The highest BCUT2D eigenvalue weighted by atomic mass is 16.5. The SMILES string of the molecule is COCC(=O)N1[C@H](CO)[C@@H](c2ccc(C#CCC3CCCC3)cc2)[C@@H]1C#N. The molecular weight excluding hydrogens is 340 g/mol. The first-order valence-corrected chi connectivity index (χ1v) is 9.59. The summed E-state index contributed by atoms with van der Waals surface area (Å²) in [5.74, 6) is 6.80. The Morgan fingerprint density at radius 1 is 1.30 bits per heavy atom. The predicted octanol–water partition coefficient (Wildman–Crippen LogP) is 2.44. The van der Waals surface area contributed by atoms with Gasteiger partial charge in [-0.3, -0.25) is 4.79 Å². The third-order valence-electron chi connectivity index (χ3n) is 5.68. The Bertz CT molecular complexity index is 750. The maximum atomic E-state index is 12.1. The van der Waals surface area contributed by atoms with Crippen molar-refractivity contribution in [1.29, 1.82) is 5.26 Å². The number of nitriles is 1. The molecule has 5 nitrogen and oxygen atoms in total. The molecule has 1 aromatic rings. The van der Waals surface area contributed by atoms with Crippen molar-refractivity contribution in [2.45, 2.75) is 50.1 Å². The first kappa shape index (κ1) is 19.4. The Morgan fingerprint density at radius 3 is 2.59 bits per heavy atom. The summed E-state index contributed by atoms with van der Waals surface area (Å²) in [4.78, 5) is 13.6. The molecule has 1 N–H and O–H groups in total. The van der Waals surface area contributed by atoms with Crippen LogP contribution in [-0.4, -0.2) is 48.3 Å². The third-order valence-corrected chi connectivity index (χ3v) is 5.68. The van der Waals surface area contributed by atoms with Crippen LogP contribution in [0.4, 0.5) is 0 Å². The molecule has 2 fully saturated rings. The minimum Gasteiger partial charge on any atom is -0.394 e. The number of hydrogen-bond donors (Lipinski definition) is 1. The molecule has 1 aliphatic carbocycles. The Kier molecular flexibility index (Phi) is 6.50. The Labute approximate surface area is 160 Å². The molecule has 0 bridgehead atoms. The molecule has 0 aromatic heterocycles. The molecule has 1 aromatic carbocycles. The highest BCUT2D eigenvalue weighted by Gasteiger charge is 2.51. The van der Waals surface area contributed by atoms with E-state index in [-0.39, 0.29) is 25.0 Å². The number of likely N-dealkylation sites (tertiary alicyclic amines) is 1. The van der Waals surface area contributed by atoms with Gasteiger partial charge in [-0.15, -0.1) is 0 Å². The topological polar surface area (TPSA) is 73.6 Å². The number of aliphatic hydroxyl groups excluding tert-OH is 1. The number of hydrogen-bond acceptors (Lipinski definition) is 4. The molecule has 1 aliphatic heterocycles. The minimum absolute atomic E-state index is 0.0864. The number of carbonyl (C=O) groups excluding carboxylic acids is 1. The zero-order valence-electron chi connectivity index (χ0n) is 15.7. The van der Waals surface area contributed by atoms with Crippen molar-refractivity contribution < 1.29 is 14.6 Å². The van der Waals surface area contributed by atoms with Gasteiger partial charge < -0.3 is 14.7 Å². The van der Waals surface area contributed by atoms with Crippen molar-refractivity contribution in [2.75, 3.05) is 20.3 Å². The molecule has 142 valence electrons. The van der Waals surface area contributed by atoms with E-state index >= 15 is 0 Å². The Hall–Kier alpha value is -2.34. The Morgan fingerprint density at radius 2 is 2.00 bits per heavy atom. The number of ether oxygens (including phenoxy) is 1. The molecule has 27 heavy (non-hydrogen) atoms. The van der Waals surface area contributed by atoms with Gasteiger partial charge in [0.1, 0.15) is 12.6 Å². The summed E-state index contributed by atoms with van der Waals surface area (Å²) in [6, 6.07) is 9.05. The van der Waals surface area contributed by atoms with Crippen molar-refractivity contribution in [1.82, 2.24) is 4.90 Å². The summed E-state index contributed by atoms with van der Waals surface area (Å²) in [6.07, 6.45) is 6.22. The van der Waals surface area contributed by atoms with Crippen molar-refractivity contribution in [3.05, 3.63) is 35.4 Å². The first-order valence-electron chi connectivity index (χ1n) is 9.59. The monoisotopic (exact) mass is 366 g/mol. The fraction of sp³-hybridized carbons (Fsp3) is 0.545. The minimum atomic E-state index is -0.580. The van der Waals surface area contributed by atoms with Crippen LogP contribution >= 0.6 is 0 Å². The van der Waals surface area contributed by atoms with Crippen molar-refractivity contribution in [3.8, 4) is 17.9 Å². The van der Waals surface area contributed by atoms with Gasteiger partial charge in [0.15, 0.2) is 0 Å². The number of amides is 1. The van der Waals surface area contributed by atoms with Gasteiger partial charge in [-0.05, 0) is 36.5 Å². The summed E-state index contributed by atoms with van der Waals surface area (Å²) in [7, 11) is 1.44. The number of carbonyl (C=O) groups is 1. The summed E-state index contributed by atoms with van der Waals surface area (Å²) >= 11 is 0. The first-order chi connectivity index (χ1) is 13.2. The van der Waals surface area contributed by atoms with Gasteiger partial charge in [0, 0.05) is 25.0 Å². The average molecular weight is 366 g/mol. The number of rotatable bonds is 5. The summed E-state index contributed by atoms with van der Waals surface area (Å²) in [6.45, 7) is -0.266. The van der Waals surface area contributed by atoms with E-state index in [2.05, 4.69) is 17.9 Å². The van der Waals surface area contributed by atoms with E-state index in [4.69, 9.17) is 4.74 Å². The molecule has 0 spiro atoms. The van der Waals surface area contributed by atoms with E-state index in [1.807, 2.05) is 24.3 Å². The summed E-state index contributed by atoms with van der Waals surface area (Å²) < 4.78 is 4.88. The lowest BCUT2D eigenvalue weighted by atomic mass is 9.75. The normalized spacial score (nSPS) is 24.6. The highest BCUT2D eigenvalue weighted by Crippen LogP contribution is 2.40. The number of benzene rings is 1. The molecule has 2 aliphatic rings. The van der Waals surface area contributed by atoms with Crippen LogP contribution < -0.4 is 0 Å². The standard InChI is InChI=1S/C22H26N2O3/c1-27-15-21(26)24-19(13-23)22(20(24)14-25)18-11-9-17(10-12-18)8-4-7-16-5-2-3-6-16/h9-12,16,19-20,22,25H,2-3,5-7,14-15H2,1H3/t19-,20+,22-/m0/s1. The highest BCUT2D eigenvalue weighted by molar-refractivity contribution is 5.80. The van der Waals surface area contributed by atoms with Gasteiger partial charge in [0.2, 0.25) is 5.91 Å². The zero-order chi connectivity index (χ0) is 19.2. The molecular formula is C22H26N2O3. The van der Waals surface area contributed by atoms with Crippen molar-refractivity contribution in [2.24, 2.45) is 5.92 Å². The van der Waals surface area contributed by atoms with Crippen LogP contribution in [0.1, 0.15) is 49.1 Å². The predicted molar refractivity (Wildman–Crippen MR) is 102 cm³/mol. The van der Waals surface area contributed by atoms with Gasteiger partial charge in [0.05, 0.1) is 18.7 Å². The molecule has 3 rings (SSSR count). The van der Waals surface area contributed by atoms with Gasteiger partial charge in [-0.25, -0.2) is 0 Å². The largest absolute Gasteiger partial charge is 0.394 e. The average Bonchev–Trinajstić information content (AvgIpc) is 3.16. The van der Waals surface area contributed by atoms with Crippen LogP contribution in [0.15, 0.2) is 24.3 Å². The van der Waals surface area contributed by atoms with Crippen LogP contribution in [0, 0.1) is 29.1 Å². The quantitative estimate of drug-likeness (QED) is 0.813. The van der Waals surface area contributed by atoms with Crippen LogP contribution in [0.2, 0.25) is 0 Å². The summed E-state index contributed by atoms with van der Waals surface area (Å²) in [5, 5.41) is 19.2. The second-order valence-corrected chi connectivity index (χ2v) is 7.36. The van der Waals surface area contributed by atoms with E-state index in [1.54, 1.807) is 0 Å². The van der Waals surface area contributed by atoms with Gasteiger partial charge >= 0.3 is 0 Å². The zero-order valence-corrected chi connectivity index (χ0v) is 15.7. The van der Waals surface area contributed by atoms with E-state index < -0.39 is 12.1 Å². The molecule has 0 unspecified atom stereocenters. The lowest BCUT2D eigenvalue weighted by molar-refractivity contribution is -0.150. The van der Waals surface area contributed by atoms with E-state index in [0.29, 0.717) is 0 Å². The van der Waals surface area contributed by atoms with Gasteiger partial charge in [-0.1, -0.05) is 36.8 Å². The van der Waals surface area contributed by atoms with Crippen LogP contribution in [0.3, 0.4) is 0 Å². The maximum Gasteiger partial charge on any atom is 0.249 e. The number of aliphatic hydroxyl groups is 1.